The first-order chi connectivity index (χ1) is 13.5. The number of methoxy groups -OCH3 is 1. The Morgan fingerprint density at radius 1 is 1.39 bits per heavy atom. The molecule has 0 unspecified atom stereocenters. The predicted octanol–water partition coefficient (Wildman–Crippen LogP) is 0.627. The number of imidazole rings is 1. The number of hydrogen-bond acceptors (Lipinski definition) is 6. The van der Waals surface area contributed by atoms with Crippen LogP contribution in [0.1, 0.15) is 35.3 Å². The summed E-state index contributed by atoms with van der Waals surface area (Å²) in [5.74, 6) is 0.00979. The Morgan fingerprint density at radius 3 is 2.89 bits per heavy atom. The molecule has 0 aromatic carbocycles. The maximum absolute atomic E-state index is 12.6. The number of aromatic nitrogens is 3. The van der Waals surface area contributed by atoms with Crippen molar-refractivity contribution in [2.24, 2.45) is 13.0 Å². The third-order valence-electron chi connectivity index (χ3n) is 5.21. The van der Waals surface area contributed by atoms with Gasteiger partial charge in [-0.25, -0.2) is 9.97 Å². The molecule has 1 saturated carbocycles. The Labute approximate surface area is 163 Å². The summed E-state index contributed by atoms with van der Waals surface area (Å²) < 4.78 is 7.23. The van der Waals surface area contributed by atoms with Gasteiger partial charge in [0.2, 0.25) is 5.91 Å². The number of aryl methyl sites for hydroxylation is 1. The van der Waals surface area contributed by atoms with Crippen LogP contribution in [-0.2, 0) is 23.1 Å². The van der Waals surface area contributed by atoms with Crippen molar-refractivity contribution in [2.45, 2.75) is 38.0 Å². The van der Waals surface area contributed by atoms with Gasteiger partial charge in [0, 0.05) is 38.4 Å². The predicted molar refractivity (Wildman–Crippen MR) is 103 cm³/mol. The molecule has 3 atom stereocenters. The zero-order chi connectivity index (χ0) is 20.1. The van der Waals surface area contributed by atoms with Crippen LogP contribution in [0.25, 0.3) is 0 Å². The van der Waals surface area contributed by atoms with Crippen LogP contribution in [0.5, 0.6) is 0 Å². The molecule has 0 spiro atoms. The van der Waals surface area contributed by atoms with Crippen molar-refractivity contribution in [1.82, 2.24) is 25.2 Å². The minimum atomic E-state index is -0.231. The molecule has 1 aliphatic carbocycles. The lowest BCUT2D eigenvalue weighted by Gasteiger charge is -2.35. The van der Waals surface area contributed by atoms with E-state index in [9.17, 15) is 9.59 Å². The molecular weight excluding hydrogens is 360 g/mol. The molecule has 28 heavy (non-hydrogen) atoms. The summed E-state index contributed by atoms with van der Waals surface area (Å²) in [5.41, 5.74) is 7.09. The monoisotopic (exact) mass is 386 g/mol. The summed E-state index contributed by atoms with van der Waals surface area (Å²) in [6.07, 6.45) is 6.37. The molecule has 2 aromatic rings. The van der Waals surface area contributed by atoms with E-state index < -0.39 is 0 Å². The summed E-state index contributed by atoms with van der Waals surface area (Å²) in [7, 11) is 3.37. The molecule has 2 aromatic heterocycles. The molecule has 4 N–H and O–H groups in total. The average molecular weight is 386 g/mol. The van der Waals surface area contributed by atoms with E-state index in [1.807, 2.05) is 6.07 Å². The first-order valence-corrected chi connectivity index (χ1v) is 9.26. The van der Waals surface area contributed by atoms with E-state index in [4.69, 9.17) is 10.5 Å². The van der Waals surface area contributed by atoms with E-state index in [0.717, 1.165) is 5.56 Å². The number of rotatable bonds is 6. The van der Waals surface area contributed by atoms with Crippen molar-refractivity contribution < 1.29 is 14.3 Å². The second-order valence-electron chi connectivity index (χ2n) is 7.02. The molecule has 1 aliphatic rings. The van der Waals surface area contributed by atoms with Gasteiger partial charge < -0.3 is 25.7 Å². The van der Waals surface area contributed by atoms with Gasteiger partial charge in [-0.2, -0.15) is 0 Å². The smallest absolute Gasteiger partial charge is 0.269 e. The van der Waals surface area contributed by atoms with Crippen LogP contribution in [0.15, 0.2) is 30.9 Å². The maximum atomic E-state index is 12.6. The number of anilines is 1. The SMILES string of the molecule is CO[C@@H]1C[C@@H](C(=O)NCc2cccnc2N)CC[C@H]1NC(=O)c1cncn1C. The third-order valence-corrected chi connectivity index (χ3v) is 5.21. The number of amides is 2. The number of ether oxygens (including phenoxy) is 1. The van der Waals surface area contributed by atoms with E-state index in [0.29, 0.717) is 37.3 Å². The van der Waals surface area contributed by atoms with Crippen molar-refractivity contribution in [3.05, 3.63) is 42.1 Å². The first kappa shape index (κ1) is 19.8. The number of nitrogen functional groups attached to an aromatic ring is 1. The molecule has 3 rings (SSSR count). The molecule has 2 amide bonds. The standard InChI is InChI=1S/C19H26N6O3/c1-25-11-21-10-15(25)19(27)24-14-6-5-12(8-16(14)28-2)18(26)23-9-13-4-3-7-22-17(13)20/h3-4,7,10-12,14,16H,5-6,8-9H2,1-2H3,(H2,20,22)(H,23,26)(H,24,27)/t12-,14+,16+/m0/s1. The zero-order valence-electron chi connectivity index (χ0n) is 16.1. The molecule has 2 heterocycles. The van der Waals surface area contributed by atoms with E-state index in [1.54, 1.807) is 37.3 Å². The van der Waals surface area contributed by atoms with Gasteiger partial charge in [-0.1, -0.05) is 6.07 Å². The zero-order valence-corrected chi connectivity index (χ0v) is 16.1. The highest BCUT2D eigenvalue weighted by Gasteiger charge is 2.35. The van der Waals surface area contributed by atoms with Crippen LogP contribution in [0.2, 0.25) is 0 Å². The normalized spacial score (nSPS) is 21.9. The highest BCUT2D eigenvalue weighted by Crippen LogP contribution is 2.27. The van der Waals surface area contributed by atoms with Crippen LogP contribution in [0, 0.1) is 5.92 Å². The number of carbonyl (C=O) groups excluding carboxylic acids is 2. The van der Waals surface area contributed by atoms with Gasteiger partial charge in [-0.15, -0.1) is 0 Å². The summed E-state index contributed by atoms with van der Waals surface area (Å²) in [6, 6.07) is 3.48. The van der Waals surface area contributed by atoms with Gasteiger partial charge in [-0.3, -0.25) is 9.59 Å². The Balaban J connectivity index is 1.55. The molecule has 9 nitrogen and oxygen atoms in total. The fourth-order valence-electron chi connectivity index (χ4n) is 3.54. The van der Waals surface area contributed by atoms with Crippen LogP contribution >= 0.6 is 0 Å². The highest BCUT2D eigenvalue weighted by atomic mass is 16.5. The van der Waals surface area contributed by atoms with Gasteiger partial charge in [0.05, 0.1) is 24.7 Å². The quantitative estimate of drug-likeness (QED) is 0.669. The van der Waals surface area contributed by atoms with E-state index in [-0.39, 0.29) is 29.9 Å². The Morgan fingerprint density at radius 2 is 2.21 bits per heavy atom. The van der Waals surface area contributed by atoms with Crippen molar-refractivity contribution in [1.29, 1.82) is 0 Å². The summed E-state index contributed by atoms with van der Waals surface area (Å²) in [4.78, 5) is 33.0. The minimum absolute atomic E-state index is 0.0401. The highest BCUT2D eigenvalue weighted by molar-refractivity contribution is 5.92. The molecular formula is C19H26N6O3. The fraction of sp³-hybridized carbons (Fsp3) is 0.474. The number of pyridine rings is 1. The van der Waals surface area contributed by atoms with E-state index in [2.05, 4.69) is 20.6 Å². The number of nitrogens with one attached hydrogen (secondary N) is 2. The van der Waals surface area contributed by atoms with Gasteiger partial charge in [-0.05, 0) is 25.3 Å². The Bertz CT molecular complexity index is 837. The topological polar surface area (TPSA) is 124 Å². The van der Waals surface area contributed by atoms with E-state index in [1.165, 1.54) is 6.20 Å². The number of carbonyl (C=O) groups is 2. The first-order valence-electron chi connectivity index (χ1n) is 9.26. The van der Waals surface area contributed by atoms with Crippen LogP contribution in [-0.4, -0.2) is 45.6 Å². The molecule has 0 radical (unpaired) electrons. The van der Waals surface area contributed by atoms with Crippen molar-refractivity contribution in [3.63, 3.8) is 0 Å². The van der Waals surface area contributed by atoms with Gasteiger partial charge >= 0.3 is 0 Å². The second kappa shape index (κ2) is 8.83. The van der Waals surface area contributed by atoms with Crippen molar-refractivity contribution in [3.8, 4) is 0 Å². The molecule has 0 bridgehead atoms. The number of hydrogen-bond donors (Lipinski definition) is 3. The molecule has 9 heteroatoms. The third kappa shape index (κ3) is 4.48. The Hall–Kier alpha value is -2.94. The molecule has 150 valence electrons. The summed E-state index contributed by atoms with van der Waals surface area (Å²) in [5, 5.41) is 5.93. The van der Waals surface area contributed by atoms with E-state index >= 15 is 0 Å². The fourth-order valence-corrected chi connectivity index (χ4v) is 3.54. The molecule has 0 saturated heterocycles. The van der Waals surface area contributed by atoms with Crippen molar-refractivity contribution in [2.75, 3.05) is 12.8 Å². The van der Waals surface area contributed by atoms with Crippen LogP contribution in [0.4, 0.5) is 5.82 Å². The van der Waals surface area contributed by atoms with Gasteiger partial charge in [0.25, 0.3) is 5.91 Å². The second-order valence-corrected chi connectivity index (χ2v) is 7.02. The lowest BCUT2D eigenvalue weighted by atomic mass is 9.83. The van der Waals surface area contributed by atoms with Gasteiger partial charge in [0.1, 0.15) is 11.5 Å². The number of nitrogens with zero attached hydrogens (tertiary/aromatic N) is 3. The van der Waals surface area contributed by atoms with Gasteiger partial charge in [0.15, 0.2) is 0 Å². The number of nitrogens with two attached hydrogens (primary N) is 1. The summed E-state index contributed by atoms with van der Waals surface area (Å²) >= 11 is 0. The minimum Gasteiger partial charge on any atom is -0.383 e. The lowest BCUT2D eigenvalue weighted by molar-refractivity contribution is -0.128. The molecule has 1 fully saturated rings. The average Bonchev–Trinajstić information content (AvgIpc) is 3.13. The largest absolute Gasteiger partial charge is 0.383 e. The molecule has 0 aliphatic heterocycles. The summed E-state index contributed by atoms with van der Waals surface area (Å²) in [6.45, 7) is 0.341. The van der Waals surface area contributed by atoms with Crippen molar-refractivity contribution >= 4 is 17.6 Å². The lowest BCUT2D eigenvalue weighted by Crippen LogP contribution is -2.50. The Kier molecular flexibility index (Phi) is 6.25. The maximum Gasteiger partial charge on any atom is 0.269 e. The van der Waals surface area contributed by atoms with Crippen LogP contribution in [0.3, 0.4) is 0 Å². The van der Waals surface area contributed by atoms with Crippen LogP contribution < -0.4 is 16.4 Å².